The van der Waals surface area contributed by atoms with E-state index in [9.17, 15) is 0 Å². The summed E-state index contributed by atoms with van der Waals surface area (Å²) in [7, 11) is 0. The molecular weight excluding hydrogens is 136 g/mol. The van der Waals surface area contributed by atoms with Crippen LogP contribution in [0.3, 0.4) is 0 Å². The molecule has 1 aromatic rings. The molecule has 1 rings (SSSR count). The molecule has 0 atom stereocenters. The molecule has 0 unspecified atom stereocenters. The van der Waals surface area contributed by atoms with Crippen molar-refractivity contribution in [2.45, 2.75) is 6.92 Å². The van der Waals surface area contributed by atoms with E-state index >= 15 is 0 Å². The summed E-state index contributed by atoms with van der Waals surface area (Å²) < 4.78 is 0. The van der Waals surface area contributed by atoms with Crippen molar-refractivity contribution < 1.29 is 0 Å². The summed E-state index contributed by atoms with van der Waals surface area (Å²) in [6.07, 6.45) is 3.87. The Morgan fingerprint density at radius 3 is 2.64 bits per heavy atom. The van der Waals surface area contributed by atoms with Crippen LogP contribution < -0.4 is 11.5 Å². The molecule has 0 aromatic heterocycles. The molecular formula is C9H12N2. The maximum absolute atomic E-state index is 5.69. The molecule has 1 aromatic carbocycles. The van der Waals surface area contributed by atoms with E-state index in [-0.39, 0.29) is 0 Å². The number of hydrogen-bond acceptors (Lipinski definition) is 2. The van der Waals surface area contributed by atoms with Gasteiger partial charge in [-0.2, -0.15) is 0 Å². The summed E-state index contributed by atoms with van der Waals surface area (Å²) in [6, 6.07) is 5.62. The van der Waals surface area contributed by atoms with Gasteiger partial charge in [0.1, 0.15) is 0 Å². The fourth-order valence-corrected chi connectivity index (χ4v) is 0.927. The maximum Gasteiger partial charge on any atom is 0.0621 e. The first kappa shape index (κ1) is 7.66. The monoisotopic (exact) mass is 148 g/mol. The molecule has 58 valence electrons. The van der Waals surface area contributed by atoms with Gasteiger partial charge in [0.05, 0.1) is 11.4 Å². The predicted molar refractivity (Wildman–Crippen MR) is 50.0 cm³/mol. The first-order valence-corrected chi connectivity index (χ1v) is 3.52. The van der Waals surface area contributed by atoms with Gasteiger partial charge in [0.15, 0.2) is 0 Å². The first-order valence-electron chi connectivity index (χ1n) is 3.52. The zero-order valence-corrected chi connectivity index (χ0v) is 6.54. The molecule has 2 heteroatoms. The van der Waals surface area contributed by atoms with Gasteiger partial charge in [0, 0.05) is 0 Å². The van der Waals surface area contributed by atoms with Crippen molar-refractivity contribution in [1.29, 1.82) is 0 Å². The third kappa shape index (κ3) is 1.52. The van der Waals surface area contributed by atoms with E-state index in [2.05, 4.69) is 0 Å². The zero-order valence-electron chi connectivity index (χ0n) is 6.54. The Kier molecular flexibility index (Phi) is 2.16. The van der Waals surface area contributed by atoms with Crippen molar-refractivity contribution in [2.75, 3.05) is 11.5 Å². The molecule has 0 aliphatic carbocycles. The molecule has 0 aliphatic rings. The number of nitrogen functional groups attached to an aromatic ring is 2. The van der Waals surface area contributed by atoms with Crippen LogP contribution in [-0.2, 0) is 0 Å². The Morgan fingerprint density at radius 2 is 2.00 bits per heavy atom. The molecule has 11 heavy (non-hydrogen) atoms. The first-order chi connectivity index (χ1) is 5.25. The minimum atomic E-state index is 0.639. The van der Waals surface area contributed by atoms with Crippen molar-refractivity contribution in [1.82, 2.24) is 0 Å². The standard InChI is InChI=1S/C9H12N2/c1-2-4-7-5-3-6-8(10)9(7)11/h2-6H,10-11H2,1H3/b4-2-. The summed E-state index contributed by atoms with van der Waals surface area (Å²) in [5.74, 6) is 0. The van der Waals surface area contributed by atoms with Crippen molar-refractivity contribution in [3.8, 4) is 0 Å². The number of rotatable bonds is 1. The Labute approximate surface area is 66.5 Å². The number of nitrogens with two attached hydrogens (primary N) is 2. The Hall–Kier alpha value is -1.44. The van der Waals surface area contributed by atoms with E-state index in [0.717, 1.165) is 5.56 Å². The van der Waals surface area contributed by atoms with E-state index in [0.29, 0.717) is 11.4 Å². The van der Waals surface area contributed by atoms with Gasteiger partial charge < -0.3 is 11.5 Å². The Bertz CT molecular complexity index is 277. The summed E-state index contributed by atoms with van der Waals surface area (Å²) in [5.41, 5.74) is 13.6. The number of benzene rings is 1. The molecule has 2 nitrogen and oxygen atoms in total. The lowest BCUT2D eigenvalue weighted by Gasteiger charge is -2.02. The Morgan fingerprint density at radius 1 is 1.27 bits per heavy atom. The minimum Gasteiger partial charge on any atom is -0.397 e. The molecule has 0 aliphatic heterocycles. The fraction of sp³-hybridized carbons (Fsp3) is 0.111. The highest BCUT2D eigenvalue weighted by Crippen LogP contribution is 2.20. The average molecular weight is 148 g/mol. The third-order valence-electron chi connectivity index (χ3n) is 1.52. The summed E-state index contributed by atoms with van der Waals surface area (Å²) in [6.45, 7) is 1.95. The zero-order chi connectivity index (χ0) is 8.27. The molecule has 0 amide bonds. The summed E-state index contributed by atoms with van der Waals surface area (Å²) in [5, 5.41) is 0. The van der Waals surface area contributed by atoms with Gasteiger partial charge >= 0.3 is 0 Å². The van der Waals surface area contributed by atoms with Gasteiger partial charge in [-0.3, -0.25) is 0 Å². The number of allylic oxidation sites excluding steroid dienone is 1. The van der Waals surface area contributed by atoms with Crippen LogP contribution in [0.2, 0.25) is 0 Å². The fourth-order valence-electron chi connectivity index (χ4n) is 0.927. The second-order valence-corrected chi connectivity index (χ2v) is 2.35. The molecule has 0 radical (unpaired) electrons. The average Bonchev–Trinajstić information content (AvgIpc) is 1.99. The van der Waals surface area contributed by atoms with Crippen molar-refractivity contribution in [3.63, 3.8) is 0 Å². The van der Waals surface area contributed by atoms with E-state index in [4.69, 9.17) is 11.5 Å². The SMILES string of the molecule is C/C=C\c1cccc(N)c1N. The lowest BCUT2D eigenvalue weighted by molar-refractivity contribution is 1.61. The lowest BCUT2D eigenvalue weighted by atomic mass is 10.1. The second kappa shape index (κ2) is 3.10. The van der Waals surface area contributed by atoms with E-state index in [1.807, 2.05) is 31.2 Å². The van der Waals surface area contributed by atoms with E-state index < -0.39 is 0 Å². The molecule has 0 spiro atoms. The van der Waals surface area contributed by atoms with Crippen LogP contribution in [0.15, 0.2) is 24.3 Å². The number of anilines is 2. The van der Waals surface area contributed by atoms with Crippen LogP contribution in [0.1, 0.15) is 12.5 Å². The van der Waals surface area contributed by atoms with Crippen LogP contribution in [0.4, 0.5) is 11.4 Å². The highest BCUT2D eigenvalue weighted by atomic mass is 14.7. The van der Waals surface area contributed by atoms with Crippen LogP contribution in [0.25, 0.3) is 6.08 Å². The van der Waals surface area contributed by atoms with Crippen molar-refractivity contribution >= 4 is 17.5 Å². The molecule has 0 fully saturated rings. The smallest absolute Gasteiger partial charge is 0.0621 e. The minimum absolute atomic E-state index is 0.639. The van der Waals surface area contributed by atoms with Gasteiger partial charge in [-0.15, -0.1) is 0 Å². The number of hydrogen-bond donors (Lipinski definition) is 2. The van der Waals surface area contributed by atoms with Crippen LogP contribution in [0.5, 0.6) is 0 Å². The van der Waals surface area contributed by atoms with Gasteiger partial charge in [-0.25, -0.2) is 0 Å². The maximum atomic E-state index is 5.69. The van der Waals surface area contributed by atoms with Crippen molar-refractivity contribution in [2.24, 2.45) is 0 Å². The molecule has 4 N–H and O–H groups in total. The van der Waals surface area contributed by atoms with Gasteiger partial charge in [0.2, 0.25) is 0 Å². The van der Waals surface area contributed by atoms with E-state index in [1.165, 1.54) is 0 Å². The van der Waals surface area contributed by atoms with Crippen molar-refractivity contribution in [3.05, 3.63) is 29.8 Å². The van der Waals surface area contributed by atoms with E-state index in [1.54, 1.807) is 6.07 Å². The molecule has 0 saturated carbocycles. The summed E-state index contributed by atoms with van der Waals surface area (Å²) >= 11 is 0. The van der Waals surface area contributed by atoms with Gasteiger partial charge in [-0.05, 0) is 18.6 Å². The highest BCUT2D eigenvalue weighted by Gasteiger charge is 1.96. The van der Waals surface area contributed by atoms with Crippen LogP contribution >= 0.6 is 0 Å². The quantitative estimate of drug-likeness (QED) is 0.597. The highest BCUT2D eigenvalue weighted by molar-refractivity contribution is 5.75. The number of para-hydroxylation sites is 1. The normalized spacial score (nSPS) is 10.6. The van der Waals surface area contributed by atoms with Crippen LogP contribution in [-0.4, -0.2) is 0 Å². The Balaban J connectivity index is 3.16. The van der Waals surface area contributed by atoms with Crippen LogP contribution in [0, 0.1) is 0 Å². The van der Waals surface area contributed by atoms with Gasteiger partial charge in [0.25, 0.3) is 0 Å². The lowest BCUT2D eigenvalue weighted by Crippen LogP contribution is -1.95. The predicted octanol–water partition coefficient (Wildman–Crippen LogP) is 1.88. The molecule has 0 bridgehead atoms. The van der Waals surface area contributed by atoms with Gasteiger partial charge in [-0.1, -0.05) is 24.3 Å². The second-order valence-electron chi connectivity index (χ2n) is 2.35. The molecule has 0 saturated heterocycles. The third-order valence-corrected chi connectivity index (χ3v) is 1.52. The summed E-state index contributed by atoms with van der Waals surface area (Å²) in [4.78, 5) is 0. The largest absolute Gasteiger partial charge is 0.397 e. The molecule has 0 heterocycles. The topological polar surface area (TPSA) is 52.0 Å².